The standard InChI is InChI=1S/C11H20BBrO2/c1-8(2)7-11(8,13)12-14-9(3,4)10(5,6)15-12/h7H2,1-6H3. The Morgan fingerprint density at radius 3 is 1.53 bits per heavy atom. The van der Waals surface area contributed by atoms with Gasteiger partial charge in [0.05, 0.1) is 15.4 Å². The molecule has 1 saturated carbocycles. The molecule has 0 aromatic rings. The maximum Gasteiger partial charge on any atom is 0.476 e. The van der Waals surface area contributed by atoms with Gasteiger partial charge in [0.1, 0.15) is 0 Å². The molecule has 2 aliphatic rings. The number of halogens is 1. The normalized spacial score (nSPS) is 40.6. The van der Waals surface area contributed by atoms with Gasteiger partial charge in [0, 0.05) is 0 Å². The fourth-order valence-electron chi connectivity index (χ4n) is 2.03. The van der Waals surface area contributed by atoms with Crippen molar-refractivity contribution in [2.45, 2.75) is 63.4 Å². The summed E-state index contributed by atoms with van der Waals surface area (Å²) < 4.78 is 12.1. The number of alkyl halides is 1. The van der Waals surface area contributed by atoms with Crippen molar-refractivity contribution in [2.75, 3.05) is 0 Å². The number of rotatable bonds is 1. The quantitative estimate of drug-likeness (QED) is 0.540. The molecule has 0 spiro atoms. The second-order valence-corrected chi connectivity index (χ2v) is 7.93. The highest BCUT2D eigenvalue weighted by molar-refractivity contribution is 9.10. The van der Waals surface area contributed by atoms with E-state index in [1.165, 1.54) is 0 Å². The molecule has 86 valence electrons. The van der Waals surface area contributed by atoms with Crippen LogP contribution >= 0.6 is 15.9 Å². The predicted molar refractivity (Wildman–Crippen MR) is 66.1 cm³/mol. The van der Waals surface area contributed by atoms with Gasteiger partial charge in [-0.2, -0.15) is 0 Å². The molecule has 1 unspecified atom stereocenters. The first-order valence-electron chi connectivity index (χ1n) is 5.56. The molecule has 0 amide bonds. The van der Waals surface area contributed by atoms with Crippen LogP contribution in [-0.4, -0.2) is 22.5 Å². The molecule has 0 aromatic carbocycles. The van der Waals surface area contributed by atoms with Gasteiger partial charge in [-0.1, -0.05) is 29.8 Å². The van der Waals surface area contributed by atoms with Crippen molar-refractivity contribution in [1.29, 1.82) is 0 Å². The van der Waals surface area contributed by atoms with Crippen molar-refractivity contribution in [3.8, 4) is 0 Å². The predicted octanol–water partition coefficient (Wildman–Crippen LogP) is 3.18. The molecule has 0 radical (unpaired) electrons. The zero-order valence-corrected chi connectivity index (χ0v) is 12.1. The van der Waals surface area contributed by atoms with Gasteiger partial charge >= 0.3 is 7.12 Å². The van der Waals surface area contributed by atoms with Crippen molar-refractivity contribution < 1.29 is 9.31 Å². The van der Waals surface area contributed by atoms with Gasteiger partial charge in [0.2, 0.25) is 0 Å². The molecule has 2 fully saturated rings. The van der Waals surface area contributed by atoms with Crippen LogP contribution in [0.2, 0.25) is 0 Å². The second-order valence-electron chi connectivity index (χ2n) is 6.51. The Morgan fingerprint density at radius 2 is 1.27 bits per heavy atom. The summed E-state index contributed by atoms with van der Waals surface area (Å²) in [5, 5.41) is 0. The molecule has 0 N–H and O–H groups in total. The van der Waals surface area contributed by atoms with E-state index in [4.69, 9.17) is 9.31 Å². The van der Waals surface area contributed by atoms with E-state index >= 15 is 0 Å². The third kappa shape index (κ3) is 1.52. The van der Waals surface area contributed by atoms with Crippen LogP contribution in [0.1, 0.15) is 48.0 Å². The van der Waals surface area contributed by atoms with Gasteiger partial charge in [0.15, 0.2) is 0 Å². The third-order valence-electron chi connectivity index (χ3n) is 4.33. The largest absolute Gasteiger partial charge is 0.476 e. The summed E-state index contributed by atoms with van der Waals surface area (Å²) in [6, 6.07) is 0. The van der Waals surface area contributed by atoms with Gasteiger partial charge in [-0.3, -0.25) is 0 Å². The Labute approximate surface area is 101 Å². The summed E-state index contributed by atoms with van der Waals surface area (Å²) in [7, 11) is -0.127. The lowest BCUT2D eigenvalue weighted by atomic mass is 9.77. The van der Waals surface area contributed by atoms with Crippen LogP contribution < -0.4 is 0 Å². The van der Waals surface area contributed by atoms with Crippen LogP contribution in [-0.2, 0) is 9.31 Å². The zero-order valence-electron chi connectivity index (χ0n) is 10.5. The van der Waals surface area contributed by atoms with E-state index in [1.807, 2.05) is 0 Å². The highest BCUT2D eigenvalue weighted by Gasteiger charge is 2.72. The Kier molecular flexibility index (Phi) is 2.25. The molecule has 1 aliphatic carbocycles. The molecule has 4 heteroatoms. The molecule has 1 heterocycles. The van der Waals surface area contributed by atoms with Crippen LogP contribution in [0.25, 0.3) is 0 Å². The Balaban J connectivity index is 2.18. The van der Waals surface area contributed by atoms with Crippen LogP contribution in [0.15, 0.2) is 0 Å². The van der Waals surface area contributed by atoms with E-state index in [9.17, 15) is 0 Å². The Morgan fingerprint density at radius 1 is 0.933 bits per heavy atom. The Bertz CT molecular complexity index is 285. The van der Waals surface area contributed by atoms with E-state index in [0.29, 0.717) is 0 Å². The summed E-state index contributed by atoms with van der Waals surface area (Å²) in [6.07, 6.45) is 1.11. The van der Waals surface area contributed by atoms with Crippen LogP contribution in [0.3, 0.4) is 0 Å². The third-order valence-corrected chi connectivity index (χ3v) is 6.05. The van der Waals surface area contributed by atoms with Crippen molar-refractivity contribution in [1.82, 2.24) is 0 Å². The fraction of sp³-hybridized carbons (Fsp3) is 1.00. The van der Waals surface area contributed by atoms with Crippen molar-refractivity contribution >= 4 is 23.0 Å². The summed E-state index contributed by atoms with van der Waals surface area (Å²) in [4.78, 5) is 0. The lowest BCUT2D eigenvalue weighted by Crippen LogP contribution is -2.41. The summed E-state index contributed by atoms with van der Waals surface area (Å²) >= 11 is 3.79. The maximum atomic E-state index is 6.06. The smallest absolute Gasteiger partial charge is 0.402 e. The first kappa shape index (κ1) is 11.9. The van der Waals surface area contributed by atoms with Crippen LogP contribution in [0.4, 0.5) is 0 Å². The Hall–Kier alpha value is 0.465. The molecular formula is C11H20BBrO2. The molecule has 0 aromatic heterocycles. The van der Waals surface area contributed by atoms with Gasteiger partial charge in [-0.05, 0) is 39.5 Å². The number of hydrogen-bond acceptors (Lipinski definition) is 2. The molecule has 1 aliphatic heterocycles. The number of hydrogen-bond donors (Lipinski definition) is 0. The average molecular weight is 275 g/mol. The van der Waals surface area contributed by atoms with Gasteiger partial charge in [-0.15, -0.1) is 0 Å². The minimum atomic E-state index is -0.225. The minimum absolute atomic E-state index is 0.00500. The molecular weight excluding hydrogens is 255 g/mol. The van der Waals surface area contributed by atoms with Gasteiger partial charge in [0.25, 0.3) is 0 Å². The molecule has 1 atom stereocenters. The lowest BCUT2D eigenvalue weighted by molar-refractivity contribution is 0.00578. The topological polar surface area (TPSA) is 18.5 Å². The van der Waals surface area contributed by atoms with Crippen molar-refractivity contribution in [3.63, 3.8) is 0 Å². The SMILES string of the molecule is CC1(C)CC1(Br)B1OC(C)(C)C(C)(C)O1. The summed E-state index contributed by atoms with van der Waals surface area (Å²) in [5.41, 5.74) is -0.178. The fourth-order valence-corrected chi connectivity index (χ4v) is 2.92. The highest BCUT2D eigenvalue weighted by Crippen LogP contribution is 2.65. The van der Waals surface area contributed by atoms with Gasteiger partial charge in [-0.25, -0.2) is 0 Å². The van der Waals surface area contributed by atoms with E-state index in [1.54, 1.807) is 0 Å². The van der Waals surface area contributed by atoms with E-state index < -0.39 is 0 Å². The average Bonchev–Trinajstić information content (AvgIpc) is 2.39. The molecule has 1 saturated heterocycles. The van der Waals surface area contributed by atoms with E-state index in [0.717, 1.165) is 6.42 Å². The van der Waals surface area contributed by atoms with E-state index in [-0.39, 0.29) is 28.0 Å². The molecule has 15 heavy (non-hydrogen) atoms. The summed E-state index contributed by atoms with van der Waals surface area (Å²) in [5.74, 6) is 0. The monoisotopic (exact) mass is 274 g/mol. The summed E-state index contributed by atoms with van der Waals surface area (Å²) in [6.45, 7) is 12.9. The molecule has 2 nitrogen and oxygen atoms in total. The molecule has 2 rings (SSSR count). The maximum absolute atomic E-state index is 6.06. The first-order valence-corrected chi connectivity index (χ1v) is 6.36. The zero-order chi connectivity index (χ0) is 11.7. The second kappa shape index (κ2) is 2.83. The minimum Gasteiger partial charge on any atom is -0.402 e. The first-order chi connectivity index (χ1) is 6.52. The highest BCUT2D eigenvalue weighted by atomic mass is 79.9. The molecule has 0 bridgehead atoms. The van der Waals surface area contributed by atoms with Crippen LogP contribution in [0, 0.1) is 5.41 Å². The van der Waals surface area contributed by atoms with E-state index in [2.05, 4.69) is 57.5 Å². The lowest BCUT2D eigenvalue weighted by Gasteiger charge is -2.32. The van der Waals surface area contributed by atoms with Crippen LogP contribution in [0.5, 0.6) is 0 Å². The van der Waals surface area contributed by atoms with Crippen molar-refractivity contribution in [2.24, 2.45) is 5.41 Å². The van der Waals surface area contributed by atoms with Crippen molar-refractivity contribution in [3.05, 3.63) is 0 Å². The van der Waals surface area contributed by atoms with Gasteiger partial charge < -0.3 is 9.31 Å².